The topological polar surface area (TPSA) is 67.2 Å². The molecule has 0 atom stereocenters. The Labute approximate surface area is 141 Å². The number of benzene rings is 1. The Morgan fingerprint density at radius 1 is 1.21 bits per heavy atom. The van der Waals surface area contributed by atoms with Gasteiger partial charge in [-0.05, 0) is 37.8 Å². The summed E-state index contributed by atoms with van der Waals surface area (Å²) in [6.45, 7) is 4.28. The maximum Gasteiger partial charge on any atom is 0.241 e. The lowest BCUT2D eigenvalue weighted by Gasteiger charge is -2.26. The van der Waals surface area contributed by atoms with Gasteiger partial charge >= 0.3 is 0 Å². The highest BCUT2D eigenvalue weighted by Gasteiger charge is 2.16. The smallest absolute Gasteiger partial charge is 0.241 e. The van der Waals surface area contributed by atoms with Crippen molar-refractivity contribution in [2.45, 2.75) is 39.2 Å². The summed E-state index contributed by atoms with van der Waals surface area (Å²) in [5.74, 6) is -0.0973. The van der Waals surface area contributed by atoms with Crippen LogP contribution in [-0.2, 0) is 16.1 Å². The van der Waals surface area contributed by atoms with Crippen LogP contribution >= 0.6 is 0 Å². The summed E-state index contributed by atoms with van der Waals surface area (Å²) in [6.07, 6.45) is 5.46. The van der Waals surface area contributed by atoms with E-state index < -0.39 is 0 Å². The van der Waals surface area contributed by atoms with Crippen molar-refractivity contribution in [3.8, 4) is 0 Å². The molecule has 2 amide bonds. The molecule has 1 fully saturated rings. The normalized spacial score (nSPS) is 14.8. The number of hydrogen-bond acceptors (Lipinski definition) is 3. The van der Waals surface area contributed by atoms with Crippen molar-refractivity contribution >= 4 is 22.7 Å². The number of nitrogens with zero attached hydrogens (tertiary/aromatic N) is 3. The summed E-state index contributed by atoms with van der Waals surface area (Å²) in [4.78, 5) is 25.9. The van der Waals surface area contributed by atoms with Crippen LogP contribution in [0.5, 0.6) is 0 Å². The lowest BCUT2D eigenvalue weighted by atomic mass is 10.1. The van der Waals surface area contributed by atoms with Crippen LogP contribution in [0.4, 0.5) is 0 Å². The molecule has 2 aromatic rings. The highest BCUT2D eigenvalue weighted by atomic mass is 16.2. The van der Waals surface area contributed by atoms with Gasteiger partial charge in [-0.2, -0.15) is 5.10 Å². The maximum atomic E-state index is 12.0. The van der Waals surface area contributed by atoms with Crippen LogP contribution in [0.15, 0.2) is 24.4 Å². The molecule has 0 saturated carbocycles. The predicted octanol–water partition coefficient (Wildman–Crippen LogP) is 1.86. The first-order valence-corrected chi connectivity index (χ1v) is 8.61. The molecule has 0 aliphatic carbocycles. The van der Waals surface area contributed by atoms with E-state index in [0.29, 0.717) is 13.0 Å². The van der Waals surface area contributed by atoms with Crippen molar-refractivity contribution < 1.29 is 9.59 Å². The SMILES string of the molecule is Cc1cccc2c1cnn2CCC(=O)NCC(=O)N1CCCCC1. The second-order valence-electron chi connectivity index (χ2n) is 6.34. The van der Waals surface area contributed by atoms with Crippen LogP contribution in [0.1, 0.15) is 31.2 Å². The number of fused-ring (bicyclic) bond motifs is 1. The number of amides is 2. The highest BCUT2D eigenvalue weighted by molar-refractivity contribution is 5.85. The van der Waals surface area contributed by atoms with Gasteiger partial charge in [0, 0.05) is 24.9 Å². The van der Waals surface area contributed by atoms with Gasteiger partial charge in [-0.15, -0.1) is 0 Å². The van der Waals surface area contributed by atoms with E-state index in [1.165, 1.54) is 12.0 Å². The van der Waals surface area contributed by atoms with Crippen molar-refractivity contribution in [1.82, 2.24) is 20.0 Å². The minimum atomic E-state index is -0.114. The summed E-state index contributed by atoms with van der Waals surface area (Å²) >= 11 is 0. The Bertz CT molecular complexity index is 732. The molecule has 1 aromatic carbocycles. The number of nitrogens with one attached hydrogen (secondary N) is 1. The average Bonchev–Trinajstić information content (AvgIpc) is 3.03. The monoisotopic (exact) mass is 328 g/mol. The first-order chi connectivity index (χ1) is 11.6. The van der Waals surface area contributed by atoms with Gasteiger partial charge in [0.2, 0.25) is 11.8 Å². The Morgan fingerprint density at radius 3 is 2.79 bits per heavy atom. The standard InChI is InChI=1S/C18H24N4O2/c1-14-6-5-7-16-15(14)12-20-22(16)11-8-17(23)19-13-18(24)21-9-3-2-4-10-21/h5-7,12H,2-4,8-11,13H2,1H3,(H,19,23). The molecule has 0 radical (unpaired) electrons. The Balaban J connectivity index is 1.48. The highest BCUT2D eigenvalue weighted by Crippen LogP contribution is 2.17. The predicted molar refractivity (Wildman–Crippen MR) is 92.5 cm³/mol. The maximum absolute atomic E-state index is 12.0. The fourth-order valence-corrected chi connectivity index (χ4v) is 3.15. The van der Waals surface area contributed by atoms with Crippen LogP contribution in [0.25, 0.3) is 10.9 Å². The first-order valence-electron chi connectivity index (χ1n) is 8.61. The molecule has 1 aliphatic rings. The van der Waals surface area contributed by atoms with Gasteiger partial charge in [0.15, 0.2) is 0 Å². The first kappa shape index (κ1) is 16.5. The molecule has 1 saturated heterocycles. The van der Waals surface area contributed by atoms with Crippen LogP contribution in [0, 0.1) is 6.92 Å². The number of aryl methyl sites for hydroxylation is 2. The Hall–Kier alpha value is -2.37. The number of hydrogen-bond donors (Lipinski definition) is 1. The van der Waals surface area contributed by atoms with E-state index in [0.717, 1.165) is 36.8 Å². The number of aromatic nitrogens is 2. The summed E-state index contributed by atoms with van der Waals surface area (Å²) < 4.78 is 1.84. The Morgan fingerprint density at radius 2 is 2.00 bits per heavy atom. The summed E-state index contributed by atoms with van der Waals surface area (Å²) in [7, 11) is 0. The van der Waals surface area contributed by atoms with E-state index in [2.05, 4.69) is 10.4 Å². The minimum absolute atomic E-state index is 0.0169. The van der Waals surface area contributed by atoms with Crippen LogP contribution < -0.4 is 5.32 Å². The van der Waals surface area contributed by atoms with E-state index >= 15 is 0 Å². The van der Waals surface area contributed by atoms with Crippen molar-refractivity contribution in [1.29, 1.82) is 0 Å². The summed E-state index contributed by atoms with van der Waals surface area (Å²) in [5, 5.41) is 8.20. The summed E-state index contributed by atoms with van der Waals surface area (Å²) in [5.41, 5.74) is 2.21. The van der Waals surface area contributed by atoms with E-state index in [4.69, 9.17) is 0 Å². The van der Waals surface area contributed by atoms with E-state index in [1.54, 1.807) is 0 Å². The molecule has 6 nitrogen and oxygen atoms in total. The van der Waals surface area contributed by atoms with Crippen LogP contribution in [-0.4, -0.2) is 46.1 Å². The van der Waals surface area contributed by atoms with E-state index in [9.17, 15) is 9.59 Å². The van der Waals surface area contributed by atoms with Crippen molar-refractivity contribution in [3.63, 3.8) is 0 Å². The molecule has 0 spiro atoms. The van der Waals surface area contributed by atoms with Gasteiger partial charge in [0.25, 0.3) is 0 Å². The van der Waals surface area contributed by atoms with Crippen LogP contribution in [0.2, 0.25) is 0 Å². The zero-order valence-electron chi connectivity index (χ0n) is 14.1. The van der Waals surface area contributed by atoms with Crippen molar-refractivity contribution in [2.75, 3.05) is 19.6 Å². The number of piperidine rings is 1. The quantitative estimate of drug-likeness (QED) is 0.911. The van der Waals surface area contributed by atoms with Gasteiger partial charge in [-0.1, -0.05) is 12.1 Å². The van der Waals surface area contributed by atoms with Gasteiger partial charge in [-0.25, -0.2) is 0 Å². The molecule has 0 bridgehead atoms. The molecule has 24 heavy (non-hydrogen) atoms. The molecule has 3 rings (SSSR count). The van der Waals surface area contributed by atoms with Gasteiger partial charge < -0.3 is 10.2 Å². The largest absolute Gasteiger partial charge is 0.347 e. The third-order valence-electron chi connectivity index (χ3n) is 4.60. The van der Waals surface area contributed by atoms with Crippen LogP contribution in [0.3, 0.4) is 0 Å². The van der Waals surface area contributed by atoms with Crippen molar-refractivity contribution in [3.05, 3.63) is 30.0 Å². The summed E-state index contributed by atoms with van der Waals surface area (Å²) in [6, 6.07) is 6.05. The van der Waals surface area contributed by atoms with Gasteiger partial charge in [0.1, 0.15) is 0 Å². The zero-order chi connectivity index (χ0) is 16.9. The molecular weight excluding hydrogens is 304 g/mol. The third kappa shape index (κ3) is 3.75. The number of rotatable bonds is 5. The number of carbonyl (C=O) groups is 2. The van der Waals surface area contributed by atoms with Crippen molar-refractivity contribution in [2.24, 2.45) is 0 Å². The van der Waals surface area contributed by atoms with Gasteiger partial charge in [-0.3, -0.25) is 14.3 Å². The van der Waals surface area contributed by atoms with E-state index in [-0.39, 0.29) is 18.4 Å². The third-order valence-corrected chi connectivity index (χ3v) is 4.60. The minimum Gasteiger partial charge on any atom is -0.347 e. The molecule has 1 N–H and O–H groups in total. The second kappa shape index (κ2) is 7.47. The molecule has 128 valence electrons. The molecule has 1 aromatic heterocycles. The van der Waals surface area contributed by atoms with Gasteiger partial charge in [0.05, 0.1) is 24.8 Å². The fraction of sp³-hybridized carbons (Fsp3) is 0.500. The lowest BCUT2D eigenvalue weighted by molar-refractivity contribution is -0.133. The fourth-order valence-electron chi connectivity index (χ4n) is 3.15. The molecule has 1 aliphatic heterocycles. The second-order valence-corrected chi connectivity index (χ2v) is 6.34. The number of likely N-dealkylation sites (tertiary alicyclic amines) is 1. The molecular formula is C18H24N4O2. The molecule has 6 heteroatoms. The average molecular weight is 328 g/mol. The zero-order valence-corrected chi connectivity index (χ0v) is 14.1. The van der Waals surface area contributed by atoms with E-state index in [1.807, 2.05) is 40.9 Å². The number of carbonyl (C=O) groups excluding carboxylic acids is 2. The molecule has 2 heterocycles. The Kier molecular flexibility index (Phi) is 5.13. The lowest BCUT2D eigenvalue weighted by Crippen LogP contribution is -2.42. The molecule has 0 unspecified atom stereocenters.